The molecule has 0 aliphatic heterocycles. The number of halogens is 2. The number of aldehydes is 1. The first-order valence-electron chi connectivity index (χ1n) is 26.4. The lowest BCUT2D eigenvalue weighted by Crippen LogP contribution is -2.13. The molecule has 10 heteroatoms. The summed E-state index contributed by atoms with van der Waals surface area (Å²) in [5.41, 5.74) is 4.26. The zero-order chi connectivity index (χ0) is 50.3. The van der Waals surface area contributed by atoms with Crippen LogP contribution in [-0.4, -0.2) is 35.7 Å². The van der Waals surface area contributed by atoms with Crippen molar-refractivity contribution in [2.45, 2.75) is 174 Å². The standard InChI is InChI=1S/C30H37FO3.C19H28O2.C11H13FO3/c1-3-5-7-8-21-9-11-22(12-10-21)23-13-15-24(16-14-23)26-20-25-17-18-27(33-19-6-4-2)28(31)29(25)34-30(26)32;1-2-3-4-5-15-6-10-17(11-7-15)18-12-8-16(9-13-18)14-19(20)21;1-2-3-6-15-9-5-4-8(7-13)11(14)10(9)12/h13-18,20-22H,3-12,19H2,1-2H3;8-9,12-13,15,17H,2-7,10-11,14H2,1H3,(H,20,21);4-5,7,14H,2-3,6H2,1H3. The first kappa shape index (κ1) is 55.4. The molecule has 0 radical (unpaired) electrons. The smallest absolute Gasteiger partial charge is 0.344 e. The van der Waals surface area contributed by atoms with Gasteiger partial charge in [0, 0.05) is 5.39 Å². The lowest BCUT2D eigenvalue weighted by molar-refractivity contribution is -0.136. The molecule has 2 N–H and O–H groups in total. The van der Waals surface area contributed by atoms with Gasteiger partial charge in [0.15, 0.2) is 29.1 Å². The molecule has 2 saturated carbocycles. The Bertz CT molecular complexity index is 2390. The monoisotopic (exact) mass is 965 g/mol. The third kappa shape index (κ3) is 16.8. The summed E-state index contributed by atoms with van der Waals surface area (Å²) in [6.07, 6.45) is 25.5. The maximum atomic E-state index is 14.8. The van der Waals surface area contributed by atoms with E-state index in [-0.39, 0.29) is 29.1 Å². The molecule has 70 heavy (non-hydrogen) atoms. The number of carboxylic acid groups (broad SMARTS) is 1. The van der Waals surface area contributed by atoms with Gasteiger partial charge in [0.25, 0.3) is 0 Å². The molecule has 0 saturated heterocycles. The van der Waals surface area contributed by atoms with E-state index in [1.807, 2.05) is 38.1 Å². The van der Waals surface area contributed by atoms with Gasteiger partial charge in [0.2, 0.25) is 11.6 Å². The van der Waals surface area contributed by atoms with Crippen molar-refractivity contribution < 1.29 is 42.5 Å². The Hall–Kier alpha value is -5.51. The number of unbranched alkanes of at least 4 members (excludes halogenated alkanes) is 6. The number of aromatic hydroxyl groups is 1. The number of fused-ring (bicyclic) bond motifs is 1. The number of aliphatic carboxylic acids is 1. The van der Waals surface area contributed by atoms with Gasteiger partial charge in [-0.05, 0) is 140 Å². The zero-order valence-electron chi connectivity index (χ0n) is 42.3. The second kappa shape index (κ2) is 29.6. The summed E-state index contributed by atoms with van der Waals surface area (Å²) in [6, 6.07) is 24.3. The SMILES string of the molecule is CCCCCC1CCC(c2ccc(-c3cc4ccc(OCCCC)c(F)c4oc3=O)cc2)CC1.CCCCCC1CCC(c2ccc(CC(=O)O)cc2)CC1.CCCCOc1ccc(C=O)c(O)c1F. The summed E-state index contributed by atoms with van der Waals surface area (Å²) in [5, 5.41) is 18.6. The molecule has 7 rings (SSSR count). The van der Waals surface area contributed by atoms with Crippen LogP contribution >= 0.6 is 0 Å². The van der Waals surface area contributed by atoms with E-state index in [0.29, 0.717) is 42.3 Å². The Kier molecular flexibility index (Phi) is 23.4. The van der Waals surface area contributed by atoms with Crippen LogP contribution in [-0.2, 0) is 11.2 Å². The number of carbonyl (C=O) groups is 2. The Morgan fingerprint density at radius 3 is 1.61 bits per heavy atom. The summed E-state index contributed by atoms with van der Waals surface area (Å²) < 4.78 is 44.2. The van der Waals surface area contributed by atoms with Crippen molar-refractivity contribution in [3.63, 3.8) is 0 Å². The fourth-order valence-corrected chi connectivity index (χ4v) is 9.82. The van der Waals surface area contributed by atoms with Gasteiger partial charge in [-0.3, -0.25) is 9.59 Å². The molecule has 1 heterocycles. The fraction of sp³-hybridized carbons (Fsp3) is 0.517. The van der Waals surface area contributed by atoms with Crippen molar-refractivity contribution in [1.82, 2.24) is 0 Å². The van der Waals surface area contributed by atoms with Gasteiger partial charge >= 0.3 is 11.6 Å². The molecular weight excluding hydrogens is 887 g/mol. The van der Waals surface area contributed by atoms with Crippen LogP contribution in [0.1, 0.15) is 195 Å². The van der Waals surface area contributed by atoms with Crippen molar-refractivity contribution in [2.24, 2.45) is 11.8 Å². The molecule has 2 aliphatic carbocycles. The van der Waals surface area contributed by atoms with E-state index in [1.165, 1.54) is 126 Å². The van der Waals surface area contributed by atoms with Crippen molar-refractivity contribution >= 4 is 23.2 Å². The van der Waals surface area contributed by atoms with E-state index in [0.717, 1.165) is 48.6 Å². The summed E-state index contributed by atoms with van der Waals surface area (Å²) in [7, 11) is 0. The molecule has 0 amide bonds. The van der Waals surface area contributed by atoms with Crippen molar-refractivity contribution in [3.05, 3.63) is 123 Å². The number of carbonyl (C=O) groups excluding carboxylic acids is 1. The highest BCUT2D eigenvalue weighted by atomic mass is 19.1. The van der Waals surface area contributed by atoms with Crippen molar-refractivity contribution in [2.75, 3.05) is 13.2 Å². The van der Waals surface area contributed by atoms with Crippen LogP contribution in [0.5, 0.6) is 17.2 Å². The van der Waals surface area contributed by atoms with Gasteiger partial charge in [-0.1, -0.05) is 140 Å². The van der Waals surface area contributed by atoms with Crippen LogP contribution in [0, 0.1) is 23.5 Å². The zero-order valence-corrected chi connectivity index (χ0v) is 42.3. The highest BCUT2D eigenvalue weighted by Crippen LogP contribution is 2.40. The maximum Gasteiger partial charge on any atom is 0.344 e. The topological polar surface area (TPSA) is 123 Å². The maximum absolute atomic E-state index is 14.8. The van der Waals surface area contributed by atoms with Crippen LogP contribution in [0.4, 0.5) is 8.78 Å². The highest BCUT2D eigenvalue weighted by Gasteiger charge is 2.24. The minimum atomic E-state index is -0.879. The predicted octanol–water partition coefficient (Wildman–Crippen LogP) is 16.3. The number of hydrogen-bond donors (Lipinski definition) is 2. The number of phenols is 1. The fourth-order valence-electron chi connectivity index (χ4n) is 9.82. The molecule has 5 aromatic rings. The molecular formula is C60H78F2O8. The summed E-state index contributed by atoms with van der Waals surface area (Å²) >= 11 is 0. The van der Waals surface area contributed by atoms with Crippen molar-refractivity contribution in [3.8, 4) is 28.4 Å². The summed E-state index contributed by atoms with van der Waals surface area (Å²) in [6.45, 7) is 9.41. The molecule has 0 bridgehead atoms. The molecule has 2 aliphatic rings. The molecule has 0 unspecified atom stereocenters. The minimum Gasteiger partial charge on any atom is -0.504 e. The molecule has 380 valence electrons. The van der Waals surface area contributed by atoms with Crippen LogP contribution in [0.25, 0.3) is 22.1 Å². The van der Waals surface area contributed by atoms with Crippen LogP contribution in [0.15, 0.2) is 88.1 Å². The van der Waals surface area contributed by atoms with E-state index in [2.05, 4.69) is 38.1 Å². The molecule has 8 nitrogen and oxygen atoms in total. The third-order valence-electron chi connectivity index (χ3n) is 14.2. The molecule has 0 spiro atoms. The first-order chi connectivity index (χ1) is 34.0. The lowest BCUT2D eigenvalue weighted by atomic mass is 9.77. The van der Waals surface area contributed by atoms with E-state index in [4.69, 9.17) is 19.0 Å². The number of benzene rings is 4. The number of hydrogen-bond acceptors (Lipinski definition) is 7. The van der Waals surface area contributed by atoms with Gasteiger partial charge in [0.05, 0.1) is 30.8 Å². The Balaban J connectivity index is 0.000000216. The quantitative estimate of drug-likeness (QED) is 0.0399. The summed E-state index contributed by atoms with van der Waals surface area (Å²) in [4.78, 5) is 33.8. The first-order valence-corrected chi connectivity index (χ1v) is 26.4. The van der Waals surface area contributed by atoms with Gasteiger partial charge in [-0.2, -0.15) is 8.78 Å². The molecule has 2 fully saturated rings. The lowest BCUT2D eigenvalue weighted by Gasteiger charge is -2.29. The Morgan fingerprint density at radius 2 is 1.13 bits per heavy atom. The van der Waals surface area contributed by atoms with Gasteiger partial charge < -0.3 is 24.1 Å². The second-order valence-electron chi connectivity index (χ2n) is 19.4. The molecule has 1 aromatic heterocycles. The number of ether oxygens (including phenoxy) is 2. The second-order valence-corrected chi connectivity index (χ2v) is 19.4. The molecule has 0 atom stereocenters. The van der Waals surface area contributed by atoms with E-state index >= 15 is 0 Å². The van der Waals surface area contributed by atoms with Crippen molar-refractivity contribution in [1.29, 1.82) is 0 Å². The van der Waals surface area contributed by atoms with Gasteiger partial charge in [0.1, 0.15) is 0 Å². The van der Waals surface area contributed by atoms with E-state index < -0.39 is 29.0 Å². The largest absolute Gasteiger partial charge is 0.504 e. The minimum absolute atomic E-state index is 0.0217. The average Bonchev–Trinajstić information content (AvgIpc) is 3.37. The van der Waals surface area contributed by atoms with Gasteiger partial charge in [-0.15, -0.1) is 0 Å². The predicted molar refractivity (Wildman–Crippen MR) is 278 cm³/mol. The molecule has 4 aromatic carbocycles. The van der Waals surface area contributed by atoms with Gasteiger partial charge in [-0.25, -0.2) is 4.79 Å². The normalized spacial score (nSPS) is 17.7. The van der Waals surface area contributed by atoms with Crippen LogP contribution in [0.3, 0.4) is 0 Å². The third-order valence-corrected chi connectivity index (χ3v) is 14.2. The number of rotatable bonds is 22. The van der Waals surface area contributed by atoms with E-state index in [1.54, 1.807) is 18.2 Å². The average molecular weight is 965 g/mol. The number of carboxylic acids is 1. The van der Waals surface area contributed by atoms with Crippen LogP contribution in [0.2, 0.25) is 0 Å². The van der Waals surface area contributed by atoms with E-state index in [9.17, 15) is 28.3 Å². The summed E-state index contributed by atoms with van der Waals surface area (Å²) in [5.74, 6) is 0.327. The highest BCUT2D eigenvalue weighted by molar-refractivity contribution is 5.83. The number of phenolic OH excluding ortho intramolecular Hbond substituents is 1. The Labute approximate surface area is 415 Å². The van der Waals surface area contributed by atoms with Crippen LogP contribution < -0.4 is 15.1 Å². The Morgan fingerprint density at radius 1 is 0.643 bits per heavy atom.